The van der Waals surface area contributed by atoms with E-state index in [0.717, 1.165) is 23.7 Å². The molecule has 0 saturated heterocycles. The first-order valence-electron chi connectivity index (χ1n) is 8.86. The highest BCUT2D eigenvalue weighted by Gasteiger charge is 2.57. The molecule has 0 aliphatic heterocycles. The van der Waals surface area contributed by atoms with Gasteiger partial charge >= 0.3 is 0 Å². The normalized spacial score (nSPS) is 57.2. The van der Waals surface area contributed by atoms with Crippen molar-refractivity contribution in [1.82, 2.24) is 0 Å². The highest BCUT2D eigenvalue weighted by molar-refractivity contribution is 7.81. The van der Waals surface area contributed by atoms with Crippen molar-refractivity contribution < 1.29 is 0 Å². The minimum absolute atomic E-state index is 0.443. The Balaban J connectivity index is 1.64. The number of fused-ring (bicyclic) bond motifs is 5. The summed E-state index contributed by atoms with van der Waals surface area (Å²) in [5.41, 5.74) is 0.707. The average Bonchev–Trinajstić information content (AvgIpc) is 2.79. The van der Waals surface area contributed by atoms with Crippen molar-refractivity contribution in [3.63, 3.8) is 0 Å². The first-order chi connectivity index (χ1) is 9.13. The summed E-state index contributed by atoms with van der Waals surface area (Å²) in [6.45, 7) is 2.67. The summed E-state index contributed by atoms with van der Waals surface area (Å²) in [5, 5.41) is 0. The van der Waals surface area contributed by atoms with Crippen molar-refractivity contribution in [3.05, 3.63) is 0 Å². The Morgan fingerprint density at radius 2 is 1.68 bits per heavy atom. The summed E-state index contributed by atoms with van der Waals surface area (Å²) >= 11 is 5.17. The van der Waals surface area contributed by atoms with Gasteiger partial charge in [0.25, 0.3) is 0 Å². The smallest absolute Gasteiger partial charge is 0.0161 e. The first kappa shape index (κ1) is 13.0. The lowest BCUT2D eigenvalue weighted by Crippen LogP contribution is -2.53. The summed E-state index contributed by atoms with van der Waals surface area (Å²) in [7, 11) is 0. The Morgan fingerprint density at radius 3 is 2.58 bits per heavy atom. The second-order valence-corrected chi connectivity index (χ2v) is 9.33. The Hall–Kier alpha value is 0.350. The van der Waals surface area contributed by atoms with Crippen LogP contribution in [0, 0.1) is 29.1 Å². The van der Waals surface area contributed by atoms with E-state index < -0.39 is 0 Å². The van der Waals surface area contributed by atoms with E-state index in [4.69, 9.17) is 12.6 Å². The highest BCUT2D eigenvalue weighted by atomic mass is 32.1. The van der Waals surface area contributed by atoms with Gasteiger partial charge in [0.15, 0.2) is 0 Å². The van der Waals surface area contributed by atoms with E-state index in [0.29, 0.717) is 10.2 Å². The van der Waals surface area contributed by atoms with Crippen molar-refractivity contribution in [2.75, 3.05) is 0 Å². The average molecular weight is 279 g/mol. The second kappa shape index (κ2) is 4.42. The van der Waals surface area contributed by atoms with Gasteiger partial charge in [-0.15, -0.1) is 0 Å². The molecule has 4 saturated carbocycles. The molecule has 0 aromatic rings. The zero-order chi connectivity index (χ0) is 13.1. The van der Waals surface area contributed by atoms with E-state index in [-0.39, 0.29) is 0 Å². The molecule has 0 nitrogen and oxygen atoms in total. The maximum absolute atomic E-state index is 5.17. The van der Waals surface area contributed by atoms with Gasteiger partial charge in [-0.25, -0.2) is 0 Å². The molecule has 0 amide bonds. The quantitative estimate of drug-likeness (QED) is 0.558. The van der Waals surface area contributed by atoms with Crippen LogP contribution in [0.4, 0.5) is 0 Å². The van der Waals surface area contributed by atoms with Gasteiger partial charge in [0, 0.05) is 4.75 Å². The van der Waals surface area contributed by atoms with Crippen LogP contribution in [0.5, 0.6) is 0 Å². The molecule has 0 bridgehead atoms. The van der Waals surface area contributed by atoms with Crippen LogP contribution < -0.4 is 0 Å². The molecule has 4 aliphatic carbocycles. The van der Waals surface area contributed by atoms with Crippen LogP contribution in [0.25, 0.3) is 0 Å². The summed E-state index contributed by atoms with van der Waals surface area (Å²) in [6, 6.07) is 0. The Morgan fingerprint density at radius 1 is 0.789 bits per heavy atom. The van der Waals surface area contributed by atoms with Crippen molar-refractivity contribution in [3.8, 4) is 0 Å². The lowest BCUT2D eigenvalue weighted by Gasteiger charge is -2.59. The zero-order valence-electron chi connectivity index (χ0n) is 12.5. The third-order valence-electron chi connectivity index (χ3n) is 7.88. The van der Waals surface area contributed by atoms with Gasteiger partial charge in [-0.3, -0.25) is 0 Å². The summed E-state index contributed by atoms with van der Waals surface area (Å²) < 4.78 is 0.443. The van der Waals surface area contributed by atoms with Gasteiger partial charge in [-0.1, -0.05) is 26.2 Å². The van der Waals surface area contributed by atoms with Gasteiger partial charge in [-0.05, 0) is 80.5 Å². The second-order valence-electron chi connectivity index (χ2n) is 8.44. The molecular weight excluding hydrogens is 248 g/mol. The fourth-order valence-corrected chi connectivity index (χ4v) is 7.52. The number of hydrogen-bond acceptors (Lipinski definition) is 1. The summed E-state index contributed by atoms with van der Waals surface area (Å²) in [5.74, 6) is 4.12. The molecule has 19 heavy (non-hydrogen) atoms. The molecular formula is C18H30S. The summed E-state index contributed by atoms with van der Waals surface area (Å²) in [4.78, 5) is 0. The fraction of sp³-hybridized carbons (Fsp3) is 1.00. The van der Waals surface area contributed by atoms with E-state index in [9.17, 15) is 0 Å². The van der Waals surface area contributed by atoms with Crippen molar-refractivity contribution >= 4 is 12.6 Å². The molecule has 0 spiro atoms. The molecule has 4 aliphatic rings. The third kappa shape index (κ3) is 1.79. The maximum Gasteiger partial charge on any atom is 0.0161 e. The Kier molecular flexibility index (Phi) is 3.03. The van der Waals surface area contributed by atoms with E-state index in [1.807, 2.05) is 0 Å². The van der Waals surface area contributed by atoms with Crippen LogP contribution in [-0.2, 0) is 0 Å². The van der Waals surface area contributed by atoms with Gasteiger partial charge in [0.2, 0.25) is 0 Å². The maximum atomic E-state index is 5.17. The minimum atomic E-state index is 0.443. The lowest BCUT2D eigenvalue weighted by molar-refractivity contribution is -0.0781. The number of hydrogen-bond donors (Lipinski definition) is 1. The van der Waals surface area contributed by atoms with Crippen molar-refractivity contribution in [2.24, 2.45) is 29.1 Å². The Bertz CT molecular complexity index is 365. The van der Waals surface area contributed by atoms with Crippen LogP contribution >= 0.6 is 12.6 Å². The fourth-order valence-electron chi connectivity index (χ4n) is 6.91. The SMILES string of the molecule is CC12CCCCC1CCC1C3CCCC3(S)CCC12. The minimum Gasteiger partial charge on any atom is -0.172 e. The molecule has 6 atom stereocenters. The molecule has 1 heteroatoms. The molecule has 4 rings (SSSR count). The van der Waals surface area contributed by atoms with Gasteiger partial charge in [0.1, 0.15) is 0 Å². The summed E-state index contributed by atoms with van der Waals surface area (Å²) in [6.07, 6.45) is 16.4. The molecule has 108 valence electrons. The molecule has 0 aromatic heterocycles. The van der Waals surface area contributed by atoms with E-state index in [1.165, 1.54) is 70.6 Å². The molecule has 0 aromatic carbocycles. The third-order valence-corrected chi connectivity index (χ3v) is 8.66. The molecule has 0 N–H and O–H groups in total. The Labute approximate surface area is 124 Å². The lowest BCUT2D eigenvalue weighted by atomic mass is 9.47. The van der Waals surface area contributed by atoms with Gasteiger partial charge < -0.3 is 0 Å². The monoisotopic (exact) mass is 278 g/mol. The number of thiol groups is 1. The molecule has 4 fully saturated rings. The van der Waals surface area contributed by atoms with Crippen LogP contribution in [-0.4, -0.2) is 4.75 Å². The number of rotatable bonds is 0. The topological polar surface area (TPSA) is 0 Å². The van der Waals surface area contributed by atoms with Crippen molar-refractivity contribution in [1.29, 1.82) is 0 Å². The van der Waals surface area contributed by atoms with Crippen LogP contribution in [0.3, 0.4) is 0 Å². The van der Waals surface area contributed by atoms with E-state index in [1.54, 1.807) is 0 Å². The van der Waals surface area contributed by atoms with Crippen LogP contribution in [0.1, 0.15) is 77.6 Å². The standard InChI is InChI=1S/C18H30S/c1-17-10-3-2-5-13(17)7-8-14-15(17)9-12-18(19)11-4-6-16(14)18/h13-16,19H,2-12H2,1H3. The molecule has 0 radical (unpaired) electrons. The highest BCUT2D eigenvalue weighted by Crippen LogP contribution is 2.65. The van der Waals surface area contributed by atoms with Crippen molar-refractivity contribution in [2.45, 2.75) is 82.3 Å². The zero-order valence-corrected chi connectivity index (χ0v) is 13.4. The predicted octanol–water partition coefficient (Wildman–Crippen LogP) is 5.47. The largest absolute Gasteiger partial charge is 0.172 e. The van der Waals surface area contributed by atoms with Crippen LogP contribution in [0.2, 0.25) is 0 Å². The van der Waals surface area contributed by atoms with Crippen LogP contribution in [0.15, 0.2) is 0 Å². The van der Waals surface area contributed by atoms with E-state index >= 15 is 0 Å². The predicted molar refractivity (Wildman–Crippen MR) is 84.6 cm³/mol. The van der Waals surface area contributed by atoms with Gasteiger partial charge in [-0.2, -0.15) is 12.6 Å². The molecule has 6 unspecified atom stereocenters. The molecule has 0 heterocycles. The van der Waals surface area contributed by atoms with Gasteiger partial charge in [0.05, 0.1) is 0 Å². The van der Waals surface area contributed by atoms with E-state index in [2.05, 4.69) is 6.92 Å². The first-order valence-corrected chi connectivity index (χ1v) is 9.31.